The zero-order valence-corrected chi connectivity index (χ0v) is 6.78. The van der Waals surface area contributed by atoms with Crippen molar-refractivity contribution in [3.05, 3.63) is 36.0 Å². The fraction of sp³-hybridized carbons (Fsp3) is 0.333. The monoisotopic (exact) mass is 137 g/mol. The maximum atomic E-state index is 5.45. The van der Waals surface area contributed by atoms with Gasteiger partial charge >= 0.3 is 0 Å². The predicted molar refractivity (Wildman–Crippen MR) is 46.8 cm³/mol. The van der Waals surface area contributed by atoms with E-state index in [0.717, 1.165) is 16.7 Å². The number of allylic oxidation sites excluding steroid dienone is 2. The maximum Gasteiger partial charge on any atom is 0.0180 e. The van der Waals surface area contributed by atoms with E-state index in [1.807, 2.05) is 19.9 Å². The SMILES string of the molecule is C=C(C)/C=C(/CN)C(=C)C. The molecule has 0 spiro atoms. The minimum absolute atomic E-state index is 0.544. The van der Waals surface area contributed by atoms with Gasteiger partial charge in [0.25, 0.3) is 0 Å². The molecule has 1 heteroatoms. The molecule has 1 nitrogen and oxygen atoms in total. The van der Waals surface area contributed by atoms with Crippen LogP contribution in [0.2, 0.25) is 0 Å². The summed E-state index contributed by atoms with van der Waals surface area (Å²) in [6.07, 6.45) is 1.96. The molecule has 2 N–H and O–H groups in total. The summed E-state index contributed by atoms with van der Waals surface area (Å²) < 4.78 is 0. The van der Waals surface area contributed by atoms with Crippen LogP contribution in [0.5, 0.6) is 0 Å². The van der Waals surface area contributed by atoms with Gasteiger partial charge in [-0.1, -0.05) is 30.4 Å². The molecule has 0 aliphatic carbocycles. The van der Waals surface area contributed by atoms with Gasteiger partial charge < -0.3 is 5.73 Å². The molecule has 0 amide bonds. The van der Waals surface area contributed by atoms with Crippen molar-refractivity contribution in [1.82, 2.24) is 0 Å². The maximum absolute atomic E-state index is 5.45. The molecular formula is C9H15N. The highest BCUT2D eigenvalue weighted by Gasteiger charge is 1.92. The summed E-state index contributed by atoms with van der Waals surface area (Å²) in [5, 5.41) is 0. The van der Waals surface area contributed by atoms with E-state index in [4.69, 9.17) is 5.73 Å². The summed E-state index contributed by atoms with van der Waals surface area (Å²) in [7, 11) is 0. The minimum atomic E-state index is 0.544. The number of rotatable bonds is 3. The van der Waals surface area contributed by atoms with Gasteiger partial charge in [0, 0.05) is 6.54 Å². The molecule has 0 fully saturated rings. The first-order valence-electron chi connectivity index (χ1n) is 3.30. The van der Waals surface area contributed by atoms with Gasteiger partial charge in [-0.15, -0.1) is 0 Å². The third kappa shape index (κ3) is 3.25. The average molecular weight is 137 g/mol. The first-order chi connectivity index (χ1) is 4.57. The van der Waals surface area contributed by atoms with Crippen LogP contribution in [0, 0.1) is 0 Å². The van der Waals surface area contributed by atoms with Gasteiger partial charge in [-0.25, -0.2) is 0 Å². The van der Waals surface area contributed by atoms with Crippen LogP contribution < -0.4 is 5.73 Å². The highest BCUT2D eigenvalue weighted by molar-refractivity contribution is 5.33. The lowest BCUT2D eigenvalue weighted by molar-refractivity contribution is 1.14. The lowest BCUT2D eigenvalue weighted by Gasteiger charge is -2.01. The van der Waals surface area contributed by atoms with Crippen LogP contribution in [0.1, 0.15) is 13.8 Å². The second-order valence-electron chi connectivity index (χ2n) is 2.50. The summed E-state index contributed by atoms with van der Waals surface area (Å²) >= 11 is 0. The number of hydrogen-bond acceptors (Lipinski definition) is 1. The largest absolute Gasteiger partial charge is 0.326 e. The van der Waals surface area contributed by atoms with Crippen LogP contribution in [0.25, 0.3) is 0 Å². The molecule has 0 bridgehead atoms. The normalized spacial score (nSPS) is 11.3. The molecule has 0 saturated carbocycles. The molecule has 0 aromatic carbocycles. The van der Waals surface area contributed by atoms with Crippen molar-refractivity contribution in [1.29, 1.82) is 0 Å². The molecule has 0 atom stereocenters. The van der Waals surface area contributed by atoms with Crippen molar-refractivity contribution in [3.63, 3.8) is 0 Å². The van der Waals surface area contributed by atoms with Crippen LogP contribution in [-0.2, 0) is 0 Å². The fourth-order valence-electron chi connectivity index (χ4n) is 0.654. The second-order valence-corrected chi connectivity index (χ2v) is 2.50. The summed E-state index contributed by atoms with van der Waals surface area (Å²) in [5.41, 5.74) is 8.56. The quantitative estimate of drug-likeness (QED) is 0.592. The third-order valence-electron chi connectivity index (χ3n) is 1.19. The molecule has 0 rings (SSSR count). The van der Waals surface area contributed by atoms with Crippen LogP contribution >= 0.6 is 0 Å². The van der Waals surface area contributed by atoms with E-state index < -0.39 is 0 Å². The van der Waals surface area contributed by atoms with Crippen LogP contribution in [-0.4, -0.2) is 6.54 Å². The molecule has 0 heterocycles. The van der Waals surface area contributed by atoms with E-state index in [1.54, 1.807) is 0 Å². The first kappa shape index (κ1) is 9.18. The van der Waals surface area contributed by atoms with Crippen LogP contribution in [0.15, 0.2) is 36.0 Å². The Labute approximate surface area is 62.9 Å². The highest BCUT2D eigenvalue weighted by Crippen LogP contribution is 2.06. The summed E-state index contributed by atoms with van der Waals surface area (Å²) in [6, 6.07) is 0. The molecule has 10 heavy (non-hydrogen) atoms. The van der Waals surface area contributed by atoms with Gasteiger partial charge in [-0.3, -0.25) is 0 Å². The van der Waals surface area contributed by atoms with E-state index in [2.05, 4.69) is 13.2 Å². The Hall–Kier alpha value is -0.820. The molecule has 0 aliphatic heterocycles. The molecule has 56 valence electrons. The van der Waals surface area contributed by atoms with Crippen molar-refractivity contribution in [3.8, 4) is 0 Å². The Kier molecular flexibility index (Phi) is 3.74. The third-order valence-corrected chi connectivity index (χ3v) is 1.19. The number of hydrogen-bond donors (Lipinski definition) is 1. The molecular weight excluding hydrogens is 122 g/mol. The second kappa shape index (κ2) is 4.07. The van der Waals surface area contributed by atoms with Gasteiger partial charge in [0.2, 0.25) is 0 Å². The Balaban J connectivity index is 4.34. The lowest BCUT2D eigenvalue weighted by Crippen LogP contribution is -2.03. The lowest BCUT2D eigenvalue weighted by atomic mass is 10.1. The molecule has 0 saturated heterocycles. The molecule has 0 unspecified atom stereocenters. The standard InChI is InChI=1S/C9H15N/c1-7(2)5-9(6-10)8(3)4/h5H,1,3,6,10H2,2,4H3/b9-5-. The zero-order chi connectivity index (χ0) is 8.15. The highest BCUT2D eigenvalue weighted by atomic mass is 14.5. The summed E-state index contributed by atoms with van der Waals surface area (Å²) in [4.78, 5) is 0. The smallest absolute Gasteiger partial charge is 0.0180 e. The van der Waals surface area contributed by atoms with E-state index in [9.17, 15) is 0 Å². The van der Waals surface area contributed by atoms with Gasteiger partial charge in [0.1, 0.15) is 0 Å². The molecule has 0 aromatic rings. The molecule has 0 aromatic heterocycles. The topological polar surface area (TPSA) is 26.0 Å². The van der Waals surface area contributed by atoms with Gasteiger partial charge in [0.15, 0.2) is 0 Å². The van der Waals surface area contributed by atoms with Crippen molar-refractivity contribution in [2.45, 2.75) is 13.8 Å². The average Bonchev–Trinajstić information content (AvgIpc) is 1.81. The summed E-state index contributed by atoms with van der Waals surface area (Å²) in [6.45, 7) is 12.0. The van der Waals surface area contributed by atoms with E-state index in [1.165, 1.54) is 0 Å². The first-order valence-corrected chi connectivity index (χ1v) is 3.30. The van der Waals surface area contributed by atoms with Crippen LogP contribution in [0.4, 0.5) is 0 Å². The van der Waals surface area contributed by atoms with E-state index >= 15 is 0 Å². The van der Waals surface area contributed by atoms with Crippen molar-refractivity contribution >= 4 is 0 Å². The fourth-order valence-corrected chi connectivity index (χ4v) is 0.654. The van der Waals surface area contributed by atoms with Gasteiger partial charge in [-0.2, -0.15) is 0 Å². The Morgan fingerprint density at radius 2 is 1.90 bits per heavy atom. The van der Waals surface area contributed by atoms with E-state index in [0.29, 0.717) is 6.54 Å². The summed E-state index contributed by atoms with van der Waals surface area (Å²) in [5.74, 6) is 0. The Morgan fingerprint density at radius 3 is 2.00 bits per heavy atom. The van der Waals surface area contributed by atoms with Crippen molar-refractivity contribution < 1.29 is 0 Å². The van der Waals surface area contributed by atoms with Crippen molar-refractivity contribution in [2.24, 2.45) is 5.73 Å². The minimum Gasteiger partial charge on any atom is -0.326 e. The van der Waals surface area contributed by atoms with Gasteiger partial charge in [0.05, 0.1) is 0 Å². The zero-order valence-electron chi connectivity index (χ0n) is 6.78. The Morgan fingerprint density at radius 1 is 1.40 bits per heavy atom. The van der Waals surface area contributed by atoms with E-state index in [-0.39, 0.29) is 0 Å². The van der Waals surface area contributed by atoms with Gasteiger partial charge in [-0.05, 0) is 19.4 Å². The predicted octanol–water partition coefficient (Wildman–Crippen LogP) is 2.02. The van der Waals surface area contributed by atoms with Crippen molar-refractivity contribution in [2.75, 3.05) is 6.54 Å². The number of nitrogens with two attached hydrogens (primary N) is 1. The Bertz CT molecular complexity index is 175. The van der Waals surface area contributed by atoms with Crippen LogP contribution in [0.3, 0.4) is 0 Å². The molecule has 0 aliphatic rings. The molecule has 0 radical (unpaired) electrons.